The Morgan fingerprint density at radius 1 is 1.28 bits per heavy atom. The van der Waals surface area contributed by atoms with Crippen molar-refractivity contribution in [3.8, 4) is 5.75 Å². The van der Waals surface area contributed by atoms with Gasteiger partial charge in [0.25, 0.3) is 5.91 Å². The number of fused-ring (bicyclic) bond motifs is 2. The molecular weight excluding hydrogens is 320 g/mol. The van der Waals surface area contributed by atoms with Crippen molar-refractivity contribution in [3.63, 3.8) is 0 Å². The molecule has 25 heavy (non-hydrogen) atoms. The topological polar surface area (TPSA) is 96.1 Å². The van der Waals surface area contributed by atoms with Gasteiger partial charge in [-0.05, 0) is 24.3 Å². The summed E-state index contributed by atoms with van der Waals surface area (Å²) in [5.74, 6) is 1.17. The van der Waals surface area contributed by atoms with Gasteiger partial charge in [0.1, 0.15) is 12.4 Å². The van der Waals surface area contributed by atoms with Crippen LogP contribution in [0.2, 0.25) is 0 Å². The number of carbonyl (C=O) groups is 2. The van der Waals surface area contributed by atoms with Gasteiger partial charge in [0.2, 0.25) is 5.95 Å². The number of carbonyl (C=O) groups excluding carboxylic acids is 2. The Morgan fingerprint density at radius 3 is 3.00 bits per heavy atom. The Morgan fingerprint density at radius 2 is 2.16 bits per heavy atom. The number of Topliss-reactive ketones (excluding diaryl/α,β-unsaturated/α-hetero) is 1. The van der Waals surface area contributed by atoms with Crippen molar-refractivity contribution in [2.24, 2.45) is 0 Å². The Kier molecular flexibility index (Phi) is 3.61. The van der Waals surface area contributed by atoms with Crippen LogP contribution < -0.4 is 15.4 Å². The third-order valence-corrected chi connectivity index (χ3v) is 4.05. The average Bonchev–Trinajstić information content (AvgIpc) is 3.00. The van der Waals surface area contributed by atoms with Gasteiger partial charge in [0, 0.05) is 36.3 Å². The van der Waals surface area contributed by atoms with E-state index >= 15 is 0 Å². The smallest absolute Gasteiger partial charge is 0.251 e. The minimum atomic E-state index is -0.150. The first-order valence-electron chi connectivity index (χ1n) is 7.88. The van der Waals surface area contributed by atoms with Crippen LogP contribution in [0.15, 0.2) is 36.4 Å². The summed E-state index contributed by atoms with van der Waals surface area (Å²) < 4.78 is 5.46. The molecule has 0 aliphatic carbocycles. The van der Waals surface area contributed by atoms with E-state index in [9.17, 15) is 9.59 Å². The number of aromatic amines is 1. The van der Waals surface area contributed by atoms with Gasteiger partial charge in [-0.15, -0.1) is 0 Å². The molecule has 3 N–H and O–H groups in total. The minimum Gasteiger partial charge on any atom is -0.485 e. The van der Waals surface area contributed by atoms with Crippen molar-refractivity contribution in [3.05, 3.63) is 47.5 Å². The lowest BCUT2D eigenvalue weighted by Gasteiger charge is -2.15. The Labute approximate surface area is 143 Å². The maximum absolute atomic E-state index is 11.7. The number of imidazole rings is 1. The lowest BCUT2D eigenvalue weighted by atomic mass is 10.1. The molecule has 0 fully saturated rings. The van der Waals surface area contributed by atoms with Crippen LogP contribution in [0.5, 0.6) is 5.75 Å². The number of hydrogen-bond acceptors (Lipinski definition) is 5. The van der Waals surface area contributed by atoms with Crippen molar-refractivity contribution in [2.75, 3.05) is 19.0 Å². The summed E-state index contributed by atoms with van der Waals surface area (Å²) in [7, 11) is 1.59. The van der Waals surface area contributed by atoms with Gasteiger partial charge in [-0.1, -0.05) is 6.07 Å². The number of aromatic nitrogens is 2. The van der Waals surface area contributed by atoms with E-state index in [1.807, 2.05) is 18.2 Å². The Balaban J connectivity index is 1.64. The Bertz CT molecular complexity index is 993. The maximum Gasteiger partial charge on any atom is 0.251 e. The van der Waals surface area contributed by atoms with Crippen LogP contribution in [0.3, 0.4) is 0 Å². The highest BCUT2D eigenvalue weighted by Crippen LogP contribution is 2.29. The molecule has 1 aliphatic heterocycles. The molecule has 1 aromatic heterocycles. The van der Waals surface area contributed by atoms with Gasteiger partial charge in [-0.2, -0.15) is 0 Å². The molecule has 2 aromatic carbocycles. The van der Waals surface area contributed by atoms with E-state index in [-0.39, 0.29) is 18.3 Å². The molecule has 126 valence electrons. The van der Waals surface area contributed by atoms with Crippen LogP contribution >= 0.6 is 0 Å². The first-order chi connectivity index (χ1) is 12.1. The molecule has 7 heteroatoms. The number of nitrogens with zero attached hydrogens (tertiary/aromatic N) is 1. The van der Waals surface area contributed by atoms with Gasteiger partial charge in [0.05, 0.1) is 11.0 Å². The molecule has 0 atom stereocenters. The van der Waals surface area contributed by atoms with Gasteiger partial charge in [-0.25, -0.2) is 4.98 Å². The Hall–Kier alpha value is -3.35. The average molecular weight is 336 g/mol. The van der Waals surface area contributed by atoms with Crippen LogP contribution in [-0.2, 0) is 11.2 Å². The number of amides is 1. The molecule has 4 rings (SSSR count). The van der Waals surface area contributed by atoms with E-state index in [0.29, 0.717) is 23.7 Å². The van der Waals surface area contributed by atoms with E-state index in [0.717, 1.165) is 22.3 Å². The zero-order valence-corrected chi connectivity index (χ0v) is 13.6. The number of ketones is 1. The van der Waals surface area contributed by atoms with Crippen LogP contribution in [-0.4, -0.2) is 35.3 Å². The third kappa shape index (κ3) is 2.91. The number of benzene rings is 2. The summed E-state index contributed by atoms with van der Waals surface area (Å²) in [6.45, 7) is 0.111. The lowest BCUT2D eigenvalue weighted by Crippen LogP contribution is -2.19. The number of hydrogen-bond donors (Lipinski definition) is 3. The lowest BCUT2D eigenvalue weighted by molar-refractivity contribution is -0.121. The summed E-state index contributed by atoms with van der Waals surface area (Å²) in [4.78, 5) is 30.9. The fourth-order valence-corrected chi connectivity index (χ4v) is 2.86. The fraction of sp³-hybridized carbons (Fsp3) is 0.167. The first kappa shape index (κ1) is 15.2. The minimum absolute atomic E-state index is 0.0655. The molecule has 1 aliphatic rings. The summed E-state index contributed by atoms with van der Waals surface area (Å²) in [6, 6.07) is 10.9. The third-order valence-electron chi connectivity index (χ3n) is 4.05. The summed E-state index contributed by atoms with van der Waals surface area (Å²) in [6.07, 6.45) is 0.376. The van der Waals surface area contributed by atoms with Gasteiger partial charge in [-0.3, -0.25) is 9.59 Å². The van der Waals surface area contributed by atoms with E-state index in [1.165, 1.54) is 0 Å². The van der Waals surface area contributed by atoms with E-state index < -0.39 is 0 Å². The van der Waals surface area contributed by atoms with Crippen molar-refractivity contribution in [2.45, 2.75) is 6.42 Å². The van der Waals surface area contributed by atoms with E-state index in [4.69, 9.17) is 4.74 Å². The SMILES string of the molecule is CNC(=O)c1cccc(Nc2nc3cc4c(cc3[nH]2)CC(=O)CO4)c1. The summed E-state index contributed by atoms with van der Waals surface area (Å²) in [5.41, 5.74) is 3.74. The first-order valence-corrected chi connectivity index (χ1v) is 7.88. The number of rotatable bonds is 3. The highest BCUT2D eigenvalue weighted by atomic mass is 16.5. The van der Waals surface area contributed by atoms with Gasteiger partial charge < -0.3 is 20.4 Å². The molecule has 7 nitrogen and oxygen atoms in total. The molecule has 0 saturated heterocycles. The van der Waals surface area contributed by atoms with Gasteiger partial charge >= 0.3 is 0 Å². The number of anilines is 2. The van der Waals surface area contributed by atoms with Crippen LogP contribution in [0.25, 0.3) is 11.0 Å². The van der Waals surface area contributed by atoms with E-state index in [1.54, 1.807) is 25.2 Å². The predicted octanol–water partition coefficient (Wildman–Crippen LogP) is 2.17. The second-order valence-corrected chi connectivity index (χ2v) is 5.85. The summed E-state index contributed by atoms with van der Waals surface area (Å²) in [5, 5.41) is 5.75. The second kappa shape index (κ2) is 5.94. The zero-order valence-electron chi connectivity index (χ0n) is 13.6. The standard InChI is InChI=1S/C18H16N4O3/c1-19-17(24)10-3-2-4-12(5-10)20-18-21-14-7-11-6-13(23)9-25-16(11)8-15(14)22-18/h2-5,7-8H,6,9H2,1H3,(H,19,24)(H2,20,21,22). The van der Waals surface area contributed by atoms with Crippen LogP contribution in [0.1, 0.15) is 15.9 Å². The fourth-order valence-electron chi connectivity index (χ4n) is 2.86. The molecular formula is C18H16N4O3. The maximum atomic E-state index is 11.7. The summed E-state index contributed by atoms with van der Waals surface area (Å²) >= 11 is 0. The second-order valence-electron chi connectivity index (χ2n) is 5.85. The van der Waals surface area contributed by atoms with Crippen molar-refractivity contribution in [1.82, 2.24) is 15.3 Å². The quantitative estimate of drug-likeness (QED) is 0.681. The van der Waals surface area contributed by atoms with Crippen molar-refractivity contribution >= 4 is 34.4 Å². The largest absolute Gasteiger partial charge is 0.485 e. The highest BCUT2D eigenvalue weighted by Gasteiger charge is 2.18. The number of ether oxygens (including phenoxy) is 1. The predicted molar refractivity (Wildman–Crippen MR) is 93.4 cm³/mol. The molecule has 0 saturated carbocycles. The molecule has 0 bridgehead atoms. The zero-order chi connectivity index (χ0) is 17.4. The molecule has 0 spiro atoms. The van der Waals surface area contributed by atoms with Crippen molar-refractivity contribution < 1.29 is 14.3 Å². The van der Waals surface area contributed by atoms with Crippen molar-refractivity contribution in [1.29, 1.82) is 0 Å². The molecule has 0 radical (unpaired) electrons. The molecule has 1 amide bonds. The molecule has 3 aromatic rings. The molecule has 0 unspecified atom stereocenters. The van der Waals surface area contributed by atoms with E-state index in [2.05, 4.69) is 20.6 Å². The number of H-pyrrole nitrogens is 1. The van der Waals surface area contributed by atoms with Crippen LogP contribution in [0.4, 0.5) is 11.6 Å². The highest BCUT2D eigenvalue weighted by molar-refractivity contribution is 5.95. The van der Waals surface area contributed by atoms with Gasteiger partial charge in [0.15, 0.2) is 5.78 Å². The number of nitrogens with one attached hydrogen (secondary N) is 3. The molecule has 2 heterocycles. The monoisotopic (exact) mass is 336 g/mol. The normalized spacial score (nSPS) is 13.2. The van der Waals surface area contributed by atoms with Crippen LogP contribution in [0, 0.1) is 0 Å².